The first-order valence-electron chi connectivity index (χ1n) is 6.03. The maximum Gasteiger partial charge on any atom is 0.235 e. The third-order valence-corrected chi connectivity index (χ3v) is 5.84. The predicted molar refractivity (Wildman–Crippen MR) is 65.8 cm³/mol. The highest BCUT2D eigenvalue weighted by atomic mass is 32.2. The van der Waals surface area contributed by atoms with Gasteiger partial charge in [0, 0.05) is 0 Å². The number of carbonyl (C=O) groups excluding carboxylic acids is 1. The van der Waals surface area contributed by atoms with Crippen LogP contribution in [-0.4, -0.2) is 20.3 Å². The molecule has 1 fully saturated rings. The Morgan fingerprint density at radius 2 is 2.06 bits per heavy atom. The van der Waals surface area contributed by atoms with Gasteiger partial charge in [0.25, 0.3) is 0 Å². The van der Waals surface area contributed by atoms with Crippen LogP contribution in [0.25, 0.3) is 0 Å². The Kier molecular flexibility index (Phi) is 2.44. The van der Waals surface area contributed by atoms with Gasteiger partial charge in [0.1, 0.15) is 0 Å². The van der Waals surface area contributed by atoms with Crippen molar-refractivity contribution < 1.29 is 13.2 Å². The molecule has 1 heterocycles. The average Bonchev–Trinajstić information content (AvgIpc) is 2.61. The molecule has 1 aromatic carbocycles. The summed E-state index contributed by atoms with van der Waals surface area (Å²) in [4.78, 5) is 14.9. The van der Waals surface area contributed by atoms with E-state index in [9.17, 15) is 13.2 Å². The predicted octanol–water partition coefficient (Wildman–Crippen LogP) is 1.73. The molecule has 94 valence electrons. The molecule has 3 rings (SSSR count). The van der Waals surface area contributed by atoms with Crippen LogP contribution in [-0.2, 0) is 26.6 Å². The molecule has 0 aromatic heterocycles. The number of benzene rings is 1. The molecule has 4 nitrogen and oxygen atoms in total. The van der Waals surface area contributed by atoms with Crippen LogP contribution in [0, 0.1) is 0 Å². The van der Waals surface area contributed by atoms with Gasteiger partial charge in [0.15, 0.2) is 9.84 Å². The summed E-state index contributed by atoms with van der Waals surface area (Å²) in [5.74, 6) is 0.167. The van der Waals surface area contributed by atoms with Gasteiger partial charge < -0.3 is 0 Å². The Bertz CT molecular complexity index is 653. The van der Waals surface area contributed by atoms with Crippen molar-refractivity contribution in [3.05, 3.63) is 29.3 Å². The second kappa shape index (κ2) is 3.77. The molecule has 1 aliphatic carbocycles. The molecule has 1 aliphatic heterocycles. The van der Waals surface area contributed by atoms with Crippen LogP contribution in [0.4, 0.5) is 0 Å². The van der Waals surface area contributed by atoms with E-state index >= 15 is 0 Å². The summed E-state index contributed by atoms with van der Waals surface area (Å²) in [6.07, 6.45) is 4.60. The lowest BCUT2D eigenvalue weighted by Gasteiger charge is -2.38. The topological polar surface area (TPSA) is 63.6 Å². The number of isocyanates is 1. The van der Waals surface area contributed by atoms with Crippen molar-refractivity contribution in [3.63, 3.8) is 0 Å². The van der Waals surface area contributed by atoms with Crippen molar-refractivity contribution in [2.24, 2.45) is 4.99 Å². The Hall–Kier alpha value is -1.45. The number of sulfone groups is 1. The largest absolute Gasteiger partial charge is 0.235 e. The Labute approximate surface area is 106 Å². The van der Waals surface area contributed by atoms with Gasteiger partial charge in [-0.25, -0.2) is 13.2 Å². The van der Waals surface area contributed by atoms with Crippen LogP contribution in [0.1, 0.15) is 30.4 Å². The molecule has 5 heteroatoms. The fraction of sp³-hybridized carbons (Fsp3) is 0.462. The molecule has 18 heavy (non-hydrogen) atoms. The summed E-state index contributed by atoms with van der Waals surface area (Å²) >= 11 is 0. The molecule has 0 radical (unpaired) electrons. The maximum atomic E-state index is 12.1. The maximum absolute atomic E-state index is 12.1. The van der Waals surface area contributed by atoms with Crippen molar-refractivity contribution >= 4 is 15.9 Å². The van der Waals surface area contributed by atoms with Gasteiger partial charge in [-0.2, -0.15) is 4.99 Å². The number of hydrogen-bond donors (Lipinski definition) is 0. The summed E-state index contributed by atoms with van der Waals surface area (Å²) in [7, 11) is -3.20. The smallest absolute Gasteiger partial charge is 0.224 e. The SMILES string of the molecule is O=C=NC1(c2cccc3c2S(=O)(=O)CC3)CCC1. The fourth-order valence-corrected chi connectivity index (χ4v) is 4.76. The van der Waals surface area contributed by atoms with Crippen molar-refractivity contribution in [1.29, 1.82) is 0 Å². The summed E-state index contributed by atoms with van der Waals surface area (Å²) in [5.41, 5.74) is 0.928. The average molecular weight is 263 g/mol. The first kappa shape index (κ1) is 11.6. The first-order valence-corrected chi connectivity index (χ1v) is 7.68. The molecule has 0 bridgehead atoms. The fourth-order valence-electron chi connectivity index (χ4n) is 2.90. The molecule has 0 unspecified atom stereocenters. The number of fused-ring (bicyclic) bond motifs is 1. The first-order chi connectivity index (χ1) is 8.59. The number of hydrogen-bond acceptors (Lipinski definition) is 4. The molecule has 0 atom stereocenters. The van der Waals surface area contributed by atoms with E-state index in [0.717, 1.165) is 24.8 Å². The van der Waals surface area contributed by atoms with Crippen LogP contribution >= 0.6 is 0 Å². The van der Waals surface area contributed by atoms with E-state index in [4.69, 9.17) is 0 Å². The van der Waals surface area contributed by atoms with Crippen molar-refractivity contribution in [1.82, 2.24) is 0 Å². The molecule has 0 spiro atoms. The lowest BCUT2D eigenvalue weighted by atomic mass is 9.72. The van der Waals surface area contributed by atoms with Crippen molar-refractivity contribution in [2.75, 3.05) is 5.75 Å². The zero-order valence-electron chi connectivity index (χ0n) is 9.85. The highest BCUT2D eigenvalue weighted by Crippen LogP contribution is 2.48. The number of aryl methyl sites for hydroxylation is 1. The minimum absolute atomic E-state index is 0.167. The zero-order chi connectivity index (χ0) is 12.8. The molecule has 1 saturated carbocycles. The monoisotopic (exact) mass is 263 g/mol. The highest BCUT2D eigenvalue weighted by molar-refractivity contribution is 7.91. The van der Waals surface area contributed by atoms with Gasteiger partial charge >= 0.3 is 0 Å². The lowest BCUT2D eigenvalue weighted by Crippen LogP contribution is -2.33. The van der Waals surface area contributed by atoms with Crippen LogP contribution < -0.4 is 0 Å². The zero-order valence-corrected chi connectivity index (χ0v) is 10.7. The summed E-state index contributed by atoms with van der Waals surface area (Å²) < 4.78 is 24.2. The minimum atomic E-state index is -3.20. The Balaban J connectivity index is 2.26. The van der Waals surface area contributed by atoms with E-state index in [1.807, 2.05) is 12.1 Å². The third-order valence-electron chi connectivity index (χ3n) is 3.99. The lowest BCUT2D eigenvalue weighted by molar-refractivity contribution is 0.251. The summed E-state index contributed by atoms with van der Waals surface area (Å²) in [6.45, 7) is 0. The van der Waals surface area contributed by atoms with E-state index in [0.29, 0.717) is 16.9 Å². The van der Waals surface area contributed by atoms with E-state index in [1.165, 1.54) is 0 Å². The van der Waals surface area contributed by atoms with Crippen LogP contribution in [0.2, 0.25) is 0 Å². The van der Waals surface area contributed by atoms with Crippen molar-refractivity contribution in [3.8, 4) is 0 Å². The van der Waals surface area contributed by atoms with E-state index in [2.05, 4.69) is 4.99 Å². The van der Waals surface area contributed by atoms with Gasteiger partial charge in [-0.15, -0.1) is 0 Å². The van der Waals surface area contributed by atoms with Gasteiger partial charge in [0.05, 0.1) is 16.2 Å². The minimum Gasteiger partial charge on any atom is -0.224 e. The normalized spacial score (nSPS) is 22.7. The molecule has 0 N–H and O–H groups in total. The highest BCUT2D eigenvalue weighted by Gasteiger charge is 2.44. The molecular weight excluding hydrogens is 250 g/mol. The molecule has 0 saturated heterocycles. The van der Waals surface area contributed by atoms with E-state index in [-0.39, 0.29) is 5.75 Å². The number of nitrogens with zero attached hydrogens (tertiary/aromatic N) is 1. The summed E-state index contributed by atoms with van der Waals surface area (Å²) in [5, 5.41) is 0. The molecule has 1 aromatic rings. The quantitative estimate of drug-likeness (QED) is 0.603. The second-order valence-corrected chi connectivity index (χ2v) is 7.00. The van der Waals surface area contributed by atoms with Crippen LogP contribution in [0.3, 0.4) is 0 Å². The van der Waals surface area contributed by atoms with Gasteiger partial charge in [-0.05, 0) is 36.8 Å². The summed E-state index contributed by atoms with van der Waals surface area (Å²) in [6, 6.07) is 5.50. The van der Waals surface area contributed by atoms with Crippen LogP contribution in [0.5, 0.6) is 0 Å². The van der Waals surface area contributed by atoms with E-state index in [1.54, 1.807) is 12.1 Å². The Morgan fingerprint density at radius 3 is 2.67 bits per heavy atom. The third kappa shape index (κ3) is 1.48. The molecular formula is C13H13NO3S. The Morgan fingerprint density at radius 1 is 1.28 bits per heavy atom. The van der Waals surface area contributed by atoms with Crippen LogP contribution in [0.15, 0.2) is 28.1 Å². The van der Waals surface area contributed by atoms with E-state index < -0.39 is 15.4 Å². The van der Waals surface area contributed by atoms with Gasteiger partial charge in [0.2, 0.25) is 6.08 Å². The standard InChI is InChI=1S/C13H13NO3S/c15-9-14-13(6-2-7-13)11-4-1-3-10-5-8-18(16,17)12(10)11/h1,3-4H,2,5-8H2. The van der Waals surface area contributed by atoms with Gasteiger partial charge in [-0.3, -0.25) is 0 Å². The molecule has 2 aliphatic rings. The molecule has 0 amide bonds. The second-order valence-electron chi connectivity index (χ2n) is 4.95. The van der Waals surface area contributed by atoms with Gasteiger partial charge in [-0.1, -0.05) is 18.2 Å². The number of aliphatic imine (C=N–C) groups is 1. The number of rotatable bonds is 2. The van der Waals surface area contributed by atoms with Crippen molar-refractivity contribution in [2.45, 2.75) is 36.1 Å².